The van der Waals surface area contributed by atoms with E-state index in [0.29, 0.717) is 6.54 Å². The fraction of sp³-hybridized carbons (Fsp3) is 0.133. The van der Waals surface area contributed by atoms with Crippen LogP contribution in [0.15, 0.2) is 42.6 Å². The zero-order chi connectivity index (χ0) is 12.5. The molecule has 3 N–H and O–H groups in total. The first-order chi connectivity index (χ1) is 8.76. The molecule has 0 aliphatic heterocycles. The Kier molecular flexibility index (Phi) is 2.61. The van der Waals surface area contributed by atoms with E-state index < -0.39 is 0 Å². The van der Waals surface area contributed by atoms with Gasteiger partial charge in [-0.15, -0.1) is 0 Å². The number of hydrogen-bond acceptors (Lipinski definition) is 2. The van der Waals surface area contributed by atoms with E-state index in [0.717, 1.165) is 22.5 Å². The smallest absolute Gasteiger partial charge is 0.0864 e. The van der Waals surface area contributed by atoms with Crippen LogP contribution in [0, 0.1) is 6.92 Å². The second-order valence-corrected chi connectivity index (χ2v) is 4.53. The number of rotatable bonds is 2. The Morgan fingerprint density at radius 2 is 2.06 bits per heavy atom. The standard InChI is InChI=1S/C15H15N3/c1-10-2-4-12-7-15(18-14(12)6-10)13-5-3-11(8-16)9-17-13/h2-7,9,18H,8,16H2,1H3. The van der Waals surface area contributed by atoms with E-state index in [-0.39, 0.29) is 0 Å². The van der Waals surface area contributed by atoms with E-state index in [4.69, 9.17) is 5.73 Å². The molecule has 0 saturated carbocycles. The second kappa shape index (κ2) is 4.27. The van der Waals surface area contributed by atoms with Crippen LogP contribution in [0.4, 0.5) is 0 Å². The van der Waals surface area contributed by atoms with Gasteiger partial charge in [0.15, 0.2) is 0 Å². The molecule has 3 nitrogen and oxygen atoms in total. The second-order valence-electron chi connectivity index (χ2n) is 4.53. The molecule has 0 aliphatic rings. The Hall–Kier alpha value is -2.13. The third-order valence-electron chi connectivity index (χ3n) is 3.11. The minimum absolute atomic E-state index is 0.527. The summed E-state index contributed by atoms with van der Waals surface area (Å²) < 4.78 is 0. The predicted molar refractivity (Wildman–Crippen MR) is 74.2 cm³/mol. The first-order valence-electron chi connectivity index (χ1n) is 6.01. The lowest BCUT2D eigenvalue weighted by Crippen LogP contribution is -1.96. The summed E-state index contributed by atoms with van der Waals surface area (Å²) in [5.74, 6) is 0. The highest BCUT2D eigenvalue weighted by atomic mass is 14.8. The van der Waals surface area contributed by atoms with Crippen LogP contribution >= 0.6 is 0 Å². The summed E-state index contributed by atoms with van der Waals surface area (Å²) in [5, 5.41) is 1.21. The summed E-state index contributed by atoms with van der Waals surface area (Å²) in [6.07, 6.45) is 1.83. The number of nitrogens with two attached hydrogens (primary N) is 1. The van der Waals surface area contributed by atoms with Gasteiger partial charge in [0.05, 0.1) is 11.4 Å². The molecule has 0 saturated heterocycles. The zero-order valence-electron chi connectivity index (χ0n) is 10.3. The summed E-state index contributed by atoms with van der Waals surface area (Å²) in [4.78, 5) is 7.82. The summed E-state index contributed by atoms with van der Waals surface area (Å²) >= 11 is 0. The fourth-order valence-corrected chi connectivity index (χ4v) is 2.08. The Balaban J connectivity index is 2.07. The van der Waals surface area contributed by atoms with Crippen molar-refractivity contribution in [2.45, 2.75) is 13.5 Å². The maximum Gasteiger partial charge on any atom is 0.0864 e. The maximum absolute atomic E-state index is 5.57. The zero-order valence-corrected chi connectivity index (χ0v) is 10.3. The highest BCUT2D eigenvalue weighted by Crippen LogP contribution is 2.23. The topological polar surface area (TPSA) is 54.7 Å². The van der Waals surface area contributed by atoms with Gasteiger partial charge in [-0.3, -0.25) is 4.98 Å². The Morgan fingerprint density at radius 3 is 2.78 bits per heavy atom. The molecule has 3 aromatic rings. The molecule has 3 rings (SSSR count). The molecule has 90 valence electrons. The molecule has 18 heavy (non-hydrogen) atoms. The van der Waals surface area contributed by atoms with Gasteiger partial charge in [0.25, 0.3) is 0 Å². The van der Waals surface area contributed by atoms with Gasteiger partial charge in [-0.05, 0) is 36.2 Å². The number of H-pyrrole nitrogens is 1. The van der Waals surface area contributed by atoms with Crippen LogP contribution in [0.2, 0.25) is 0 Å². The Morgan fingerprint density at radius 1 is 1.17 bits per heavy atom. The first-order valence-corrected chi connectivity index (χ1v) is 6.01. The Labute approximate surface area is 106 Å². The summed E-state index contributed by atoms with van der Waals surface area (Å²) in [7, 11) is 0. The first kappa shape index (κ1) is 11.0. The number of benzene rings is 1. The van der Waals surface area contributed by atoms with Gasteiger partial charge in [0.2, 0.25) is 0 Å². The molecule has 0 spiro atoms. The average Bonchev–Trinajstić information content (AvgIpc) is 2.81. The summed E-state index contributed by atoms with van der Waals surface area (Å²) in [6, 6.07) is 12.5. The molecule has 0 unspecified atom stereocenters. The number of nitrogens with zero attached hydrogens (tertiary/aromatic N) is 1. The molecule has 0 radical (unpaired) electrons. The molecule has 0 amide bonds. The quantitative estimate of drug-likeness (QED) is 0.720. The van der Waals surface area contributed by atoms with E-state index in [1.54, 1.807) is 0 Å². The van der Waals surface area contributed by atoms with Crippen LogP contribution in [0.25, 0.3) is 22.3 Å². The lowest BCUT2D eigenvalue weighted by molar-refractivity contribution is 1.05. The van der Waals surface area contributed by atoms with E-state index in [1.165, 1.54) is 10.9 Å². The molecular weight excluding hydrogens is 222 g/mol. The maximum atomic E-state index is 5.57. The number of fused-ring (bicyclic) bond motifs is 1. The largest absolute Gasteiger partial charge is 0.353 e. The lowest BCUT2D eigenvalue weighted by atomic mass is 10.2. The summed E-state index contributed by atoms with van der Waals surface area (Å²) in [6.45, 7) is 2.62. The third-order valence-corrected chi connectivity index (χ3v) is 3.11. The Bertz CT molecular complexity index is 681. The van der Waals surface area contributed by atoms with E-state index in [2.05, 4.69) is 41.2 Å². The van der Waals surface area contributed by atoms with E-state index >= 15 is 0 Å². The van der Waals surface area contributed by atoms with Gasteiger partial charge in [0, 0.05) is 23.6 Å². The minimum atomic E-state index is 0.527. The molecule has 0 atom stereocenters. The lowest BCUT2D eigenvalue weighted by Gasteiger charge is -1.98. The van der Waals surface area contributed by atoms with Crippen molar-refractivity contribution < 1.29 is 0 Å². The molecule has 2 aromatic heterocycles. The number of hydrogen-bond donors (Lipinski definition) is 2. The van der Waals surface area contributed by atoms with Crippen molar-refractivity contribution in [1.82, 2.24) is 9.97 Å². The van der Waals surface area contributed by atoms with Gasteiger partial charge in [-0.25, -0.2) is 0 Å². The van der Waals surface area contributed by atoms with Crippen LogP contribution in [0.1, 0.15) is 11.1 Å². The van der Waals surface area contributed by atoms with Crippen molar-refractivity contribution in [2.75, 3.05) is 0 Å². The van der Waals surface area contributed by atoms with Gasteiger partial charge >= 0.3 is 0 Å². The average molecular weight is 237 g/mol. The monoisotopic (exact) mass is 237 g/mol. The van der Waals surface area contributed by atoms with Crippen molar-refractivity contribution in [2.24, 2.45) is 5.73 Å². The van der Waals surface area contributed by atoms with Gasteiger partial charge < -0.3 is 10.7 Å². The highest BCUT2D eigenvalue weighted by Gasteiger charge is 2.04. The van der Waals surface area contributed by atoms with Crippen molar-refractivity contribution in [3.8, 4) is 11.4 Å². The fourth-order valence-electron chi connectivity index (χ4n) is 2.08. The number of nitrogens with one attached hydrogen (secondary N) is 1. The van der Waals surface area contributed by atoms with Crippen LogP contribution in [-0.2, 0) is 6.54 Å². The van der Waals surface area contributed by atoms with Crippen LogP contribution in [0.3, 0.4) is 0 Å². The minimum Gasteiger partial charge on any atom is -0.353 e. The van der Waals surface area contributed by atoms with Gasteiger partial charge in [0.1, 0.15) is 0 Å². The highest BCUT2D eigenvalue weighted by molar-refractivity contribution is 5.85. The molecule has 0 aliphatic carbocycles. The van der Waals surface area contributed by atoms with Crippen molar-refractivity contribution >= 4 is 10.9 Å². The number of aromatic nitrogens is 2. The third kappa shape index (κ3) is 1.89. The molecule has 0 fully saturated rings. The van der Waals surface area contributed by atoms with Crippen molar-refractivity contribution in [3.05, 3.63) is 53.7 Å². The number of aryl methyl sites for hydroxylation is 1. The van der Waals surface area contributed by atoms with Crippen LogP contribution < -0.4 is 5.73 Å². The van der Waals surface area contributed by atoms with E-state index in [1.807, 2.05) is 18.3 Å². The molecule has 0 bridgehead atoms. The predicted octanol–water partition coefficient (Wildman–Crippen LogP) is 3.00. The SMILES string of the molecule is Cc1ccc2cc(-c3ccc(CN)cn3)[nH]c2c1. The summed E-state index contributed by atoms with van der Waals surface area (Å²) in [5.41, 5.74) is 11.0. The molecule has 2 heterocycles. The van der Waals surface area contributed by atoms with E-state index in [9.17, 15) is 0 Å². The van der Waals surface area contributed by atoms with Gasteiger partial charge in [-0.1, -0.05) is 18.2 Å². The van der Waals surface area contributed by atoms with Gasteiger partial charge in [-0.2, -0.15) is 0 Å². The molecule has 3 heteroatoms. The normalized spacial score (nSPS) is 11.0. The van der Waals surface area contributed by atoms with Crippen molar-refractivity contribution in [3.63, 3.8) is 0 Å². The van der Waals surface area contributed by atoms with Crippen LogP contribution in [0.5, 0.6) is 0 Å². The molecule has 1 aromatic carbocycles. The van der Waals surface area contributed by atoms with Crippen LogP contribution in [-0.4, -0.2) is 9.97 Å². The molecular formula is C15H15N3. The van der Waals surface area contributed by atoms with Crippen molar-refractivity contribution in [1.29, 1.82) is 0 Å². The number of aromatic amines is 1. The number of pyridine rings is 1.